The average Bonchev–Trinajstić information content (AvgIpc) is 2.31. The highest BCUT2D eigenvalue weighted by atomic mass is 32.1. The molecule has 0 amide bonds. The Labute approximate surface area is 75.9 Å². The molecule has 0 aliphatic carbocycles. The van der Waals surface area contributed by atoms with Gasteiger partial charge in [-0.15, -0.1) is 11.3 Å². The van der Waals surface area contributed by atoms with Crippen LogP contribution in [0.2, 0.25) is 0 Å². The zero-order chi connectivity index (χ0) is 10.1. The van der Waals surface area contributed by atoms with Crippen LogP contribution in [0.15, 0.2) is 11.4 Å². The Kier molecular flexibility index (Phi) is 2.60. The van der Waals surface area contributed by atoms with E-state index < -0.39 is 22.8 Å². The van der Waals surface area contributed by atoms with Crippen LogP contribution in [0.5, 0.6) is 5.06 Å². The number of rotatable bonds is 1. The highest BCUT2D eigenvalue weighted by Gasteiger charge is 2.35. The topological polar surface area (TPSA) is 26.3 Å². The first-order valence-electron chi connectivity index (χ1n) is 3.24. The summed E-state index contributed by atoms with van der Waals surface area (Å²) in [6.07, 6.45) is -4.47. The first kappa shape index (κ1) is 10.0. The number of carbonyl (C=O) groups is 1. The summed E-state index contributed by atoms with van der Waals surface area (Å²) in [5, 5.41) is 0.821. The molecule has 0 aliphatic heterocycles. The maximum Gasteiger partial charge on any atom is 0.420 e. The Morgan fingerprint density at radius 2 is 2.15 bits per heavy atom. The van der Waals surface area contributed by atoms with Crippen molar-refractivity contribution in [3.8, 4) is 5.06 Å². The van der Waals surface area contributed by atoms with Gasteiger partial charge in [0.15, 0.2) is 5.06 Å². The van der Waals surface area contributed by atoms with Crippen LogP contribution in [0, 0.1) is 0 Å². The van der Waals surface area contributed by atoms with E-state index in [0.29, 0.717) is 0 Å². The van der Waals surface area contributed by atoms with Gasteiger partial charge in [0, 0.05) is 6.92 Å². The van der Waals surface area contributed by atoms with Gasteiger partial charge < -0.3 is 4.74 Å². The lowest BCUT2D eigenvalue weighted by Gasteiger charge is -2.06. The largest absolute Gasteiger partial charge is 0.420 e. The van der Waals surface area contributed by atoms with Gasteiger partial charge in [-0.3, -0.25) is 4.79 Å². The van der Waals surface area contributed by atoms with E-state index in [1.54, 1.807) is 0 Å². The Hall–Kier alpha value is -1.04. The second-order valence-corrected chi connectivity index (χ2v) is 3.09. The van der Waals surface area contributed by atoms with Crippen LogP contribution in [0.25, 0.3) is 0 Å². The van der Waals surface area contributed by atoms with Gasteiger partial charge in [0.05, 0.1) is 0 Å². The van der Waals surface area contributed by atoms with E-state index in [1.807, 2.05) is 0 Å². The number of esters is 1. The van der Waals surface area contributed by atoms with Gasteiger partial charge in [-0.1, -0.05) is 0 Å². The lowest BCUT2D eigenvalue weighted by molar-refractivity contribution is -0.140. The molecule has 0 saturated carbocycles. The minimum absolute atomic E-state index is 0.403. The van der Waals surface area contributed by atoms with E-state index >= 15 is 0 Å². The fourth-order valence-corrected chi connectivity index (χ4v) is 1.52. The van der Waals surface area contributed by atoms with Gasteiger partial charge in [-0.05, 0) is 11.4 Å². The van der Waals surface area contributed by atoms with E-state index in [9.17, 15) is 18.0 Å². The van der Waals surface area contributed by atoms with Gasteiger partial charge >= 0.3 is 12.1 Å². The predicted octanol–water partition coefficient (Wildman–Crippen LogP) is 2.69. The molecule has 0 fully saturated rings. The fraction of sp³-hybridized carbons (Fsp3) is 0.286. The highest BCUT2D eigenvalue weighted by Crippen LogP contribution is 2.39. The summed E-state index contributed by atoms with van der Waals surface area (Å²) in [7, 11) is 0. The van der Waals surface area contributed by atoms with E-state index in [0.717, 1.165) is 24.3 Å². The van der Waals surface area contributed by atoms with Crippen molar-refractivity contribution in [2.75, 3.05) is 0 Å². The van der Waals surface area contributed by atoms with Crippen molar-refractivity contribution < 1.29 is 22.7 Å². The molecular weight excluding hydrogens is 205 g/mol. The predicted molar refractivity (Wildman–Crippen MR) is 40.6 cm³/mol. The Bertz CT molecular complexity index is 316. The molecule has 0 saturated heterocycles. The van der Waals surface area contributed by atoms with Crippen LogP contribution in [0.4, 0.5) is 13.2 Å². The molecule has 0 bridgehead atoms. The molecule has 0 aromatic carbocycles. The minimum Gasteiger partial charge on any atom is -0.415 e. The molecular formula is C7H5F3O2S. The van der Waals surface area contributed by atoms with E-state index in [1.165, 1.54) is 5.38 Å². The summed E-state index contributed by atoms with van der Waals surface area (Å²) < 4.78 is 40.8. The summed E-state index contributed by atoms with van der Waals surface area (Å²) in [6, 6.07) is 0.878. The number of hydrogen-bond acceptors (Lipinski definition) is 3. The smallest absolute Gasteiger partial charge is 0.415 e. The molecule has 0 unspecified atom stereocenters. The number of thiophene rings is 1. The summed E-state index contributed by atoms with van der Waals surface area (Å²) in [6.45, 7) is 1.06. The van der Waals surface area contributed by atoms with Gasteiger partial charge in [-0.25, -0.2) is 0 Å². The lowest BCUT2D eigenvalue weighted by Crippen LogP contribution is -2.08. The Morgan fingerprint density at radius 1 is 1.54 bits per heavy atom. The van der Waals surface area contributed by atoms with Crippen LogP contribution < -0.4 is 4.74 Å². The molecule has 0 aliphatic rings. The van der Waals surface area contributed by atoms with Gasteiger partial charge in [0.25, 0.3) is 0 Å². The highest BCUT2D eigenvalue weighted by molar-refractivity contribution is 7.12. The van der Waals surface area contributed by atoms with Gasteiger partial charge in [0.2, 0.25) is 0 Å². The molecule has 6 heteroatoms. The van der Waals surface area contributed by atoms with Crippen LogP contribution >= 0.6 is 11.3 Å². The molecule has 13 heavy (non-hydrogen) atoms. The van der Waals surface area contributed by atoms with Crippen LogP contribution in [0.1, 0.15) is 12.5 Å². The van der Waals surface area contributed by atoms with Crippen molar-refractivity contribution in [1.82, 2.24) is 0 Å². The zero-order valence-corrected chi connectivity index (χ0v) is 7.33. The standard InChI is InChI=1S/C7H5F3O2S/c1-4(11)12-6-5(2-3-13-6)7(8,9)10/h2-3H,1H3. The summed E-state index contributed by atoms with van der Waals surface area (Å²) in [5.74, 6) is -0.757. The quantitative estimate of drug-likeness (QED) is 0.666. The first-order chi connectivity index (χ1) is 5.91. The van der Waals surface area contributed by atoms with Crippen molar-refractivity contribution in [3.63, 3.8) is 0 Å². The average molecular weight is 210 g/mol. The number of hydrogen-bond donors (Lipinski definition) is 0. The minimum atomic E-state index is -4.47. The molecule has 1 aromatic heterocycles. The molecule has 1 heterocycles. The van der Waals surface area contributed by atoms with Crippen molar-refractivity contribution in [3.05, 3.63) is 17.0 Å². The van der Waals surface area contributed by atoms with E-state index in [4.69, 9.17) is 0 Å². The van der Waals surface area contributed by atoms with E-state index in [-0.39, 0.29) is 0 Å². The SMILES string of the molecule is CC(=O)Oc1sccc1C(F)(F)F. The third-order valence-electron chi connectivity index (χ3n) is 1.17. The number of ether oxygens (including phenoxy) is 1. The summed E-state index contributed by atoms with van der Waals surface area (Å²) in [4.78, 5) is 10.4. The monoisotopic (exact) mass is 210 g/mol. The molecule has 72 valence electrons. The first-order valence-corrected chi connectivity index (χ1v) is 4.12. The van der Waals surface area contributed by atoms with Crippen molar-refractivity contribution >= 4 is 17.3 Å². The van der Waals surface area contributed by atoms with Crippen molar-refractivity contribution in [2.24, 2.45) is 0 Å². The summed E-state index contributed by atoms with van der Waals surface area (Å²) in [5.41, 5.74) is -0.910. The molecule has 1 rings (SSSR count). The molecule has 1 aromatic rings. The summed E-state index contributed by atoms with van der Waals surface area (Å²) >= 11 is 0.742. The van der Waals surface area contributed by atoms with Gasteiger partial charge in [-0.2, -0.15) is 13.2 Å². The zero-order valence-electron chi connectivity index (χ0n) is 6.51. The van der Waals surface area contributed by atoms with Gasteiger partial charge in [0.1, 0.15) is 5.56 Å². The number of carbonyl (C=O) groups excluding carboxylic acids is 1. The van der Waals surface area contributed by atoms with Crippen molar-refractivity contribution in [2.45, 2.75) is 13.1 Å². The second-order valence-electron chi connectivity index (χ2n) is 2.21. The third-order valence-corrected chi connectivity index (χ3v) is 1.96. The molecule has 0 N–H and O–H groups in total. The number of halogens is 3. The second kappa shape index (κ2) is 3.37. The maximum absolute atomic E-state index is 12.1. The third kappa shape index (κ3) is 2.45. The lowest BCUT2D eigenvalue weighted by atomic mass is 10.3. The van der Waals surface area contributed by atoms with E-state index in [2.05, 4.69) is 4.74 Å². The molecule has 0 spiro atoms. The molecule has 2 nitrogen and oxygen atoms in total. The molecule has 0 atom stereocenters. The Balaban J connectivity index is 2.96. The Morgan fingerprint density at radius 3 is 2.62 bits per heavy atom. The normalized spacial score (nSPS) is 11.4. The fourth-order valence-electron chi connectivity index (χ4n) is 0.715. The maximum atomic E-state index is 12.1. The van der Waals surface area contributed by atoms with Crippen LogP contribution in [-0.4, -0.2) is 5.97 Å². The van der Waals surface area contributed by atoms with Crippen LogP contribution in [0.3, 0.4) is 0 Å². The van der Waals surface area contributed by atoms with Crippen molar-refractivity contribution in [1.29, 1.82) is 0 Å². The van der Waals surface area contributed by atoms with Crippen LogP contribution in [-0.2, 0) is 11.0 Å². The number of alkyl halides is 3. The molecule has 0 radical (unpaired) electrons.